The van der Waals surface area contributed by atoms with Gasteiger partial charge in [-0.05, 0) is 31.0 Å². The normalized spacial score (nSPS) is 15.7. The Bertz CT molecular complexity index is 686. The fourth-order valence-electron chi connectivity index (χ4n) is 2.83. The van der Waals surface area contributed by atoms with E-state index in [1.807, 2.05) is 24.8 Å². The van der Waals surface area contributed by atoms with Gasteiger partial charge >= 0.3 is 0 Å². The van der Waals surface area contributed by atoms with E-state index >= 15 is 0 Å². The molecule has 1 amide bonds. The average Bonchev–Trinajstić information content (AvgIpc) is 2.88. The number of hydrogen-bond acceptors (Lipinski definition) is 3. The summed E-state index contributed by atoms with van der Waals surface area (Å²) in [5.41, 5.74) is 3.66. The third-order valence-corrected chi connectivity index (χ3v) is 4.58. The highest BCUT2D eigenvalue weighted by molar-refractivity contribution is 6.33. The van der Waals surface area contributed by atoms with Crippen molar-refractivity contribution in [2.75, 3.05) is 26.3 Å². The summed E-state index contributed by atoms with van der Waals surface area (Å²) in [5, 5.41) is 1.70. The monoisotopic (exact) mass is 307 g/mol. The highest BCUT2D eigenvalue weighted by Gasteiger charge is 2.20. The van der Waals surface area contributed by atoms with E-state index in [0.29, 0.717) is 32.7 Å². The first kappa shape index (κ1) is 14.4. The zero-order chi connectivity index (χ0) is 15.0. The maximum Gasteiger partial charge on any atom is 0.227 e. The van der Waals surface area contributed by atoms with E-state index in [-0.39, 0.29) is 5.91 Å². The molecule has 0 saturated carbocycles. The fraction of sp³-hybridized carbons (Fsp3) is 0.438. The number of carbonyl (C=O) groups is 1. The van der Waals surface area contributed by atoms with Crippen molar-refractivity contribution in [3.8, 4) is 0 Å². The number of halogens is 1. The molecule has 1 aliphatic rings. The van der Waals surface area contributed by atoms with Crippen molar-refractivity contribution >= 4 is 28.5 Å². The lowest BCUT2D eigenvalue weighted by molar-refractivity contribution is -0.134. The number of morpholine rings is 1. The molecule has 1 aromatic heterocycles. The number of ether oxygens (including phenoxy) is 1. The lowest BCUT2D eigenvalue weighted by atomic mass is 10.0. The molecule has 0 radical (unpaired) electrons. The summed E-state index contributed by atoms with van der Waals surface area (Å²) in [6.07, 6.45) is 2.01. The van der Waals surface area contributed by atoms with Crippen LogP contribution in [0, 0.1) is 13.8 Å². The largest absolute Gasteiger partial charge is 0.464 e. The molecule has 4 nitrogen and oxygen atoms in total. The molecule has 3 rings (SSSR count). The van der Waals surface area contributed by atoms with Crippen LogP contribution in [0.25, 0.3) is 11.0 Å². The molecule has 1 saturated heterocycles. The summed E-state index contributed by atoms with van der Waals surface area (Å²) in [7, 11) is 0. The molecule has 21 heavy (non-hydrogen) atoms. The van der Waals surface area contributed by atoms with Gasteiger partial charge < -0.3 is 14.1 Å². The molecule has 0 bridgehead atoms. The van der Waals surface area contributed by atoms with Gasteiger partial charge in [0, 0.05) is 29.1 Å². The molecule has 2 aromatic rings. The topological polar surface area (TPSA) is 42.7 Å². The summed E-state index contributed by atoms with van der Waals surface area (Å²) in [6.45, 7) is 6.47. The van der Waals surface area contributed by atoms with E-state index in [4.69, 9.17) is 20.8 Å². The third kappa shape index (κ3) is 2.65. The van der Waals surface area contributed by atoms with E-state index < -0.39 is 0 Å². The first-order valence-electron chi connectivity index (χ1n) is 7.09. The number of rotatable bonds is 2. The van der Waals surface area contributed by atoms with Crippen LogP contribution < -0.4 is 0 Å². The molecule has 0 atom stereocenters. The summed E-state index contributed by atoms with van der Waals surface area (Å²) >= 11 is 6.32. The van der Waals surface area contributed by atoms with Gasteiger partial charge in [-0.3, -0.25) is 4.79 Å². The standard InChI is InChI=1S/C16H18ClNO3/c1-10-7-13-15(11(2)16(10)17)12(9-21-13)8-14(19)18-3-5-20-6-4-18/h7,9H,3-6,8H2,1-2H3. The lowest BCUT2D eigenvalue weighted by Gasteiger charge is -2.26. The van der Waals surface area contributed by atoms with Crippen LogP contribution in [0.15, 0.2) is 16.7 Å². The van der Waals surface area contributed by atoms with E-state index in [9.17, 15) is 4.79 Å². The number of hydrogen-bond donors (Lipinski definition) is 0. The van der Waals surface area contributed by atoms with E-state index in [1.54, 1.807) is 6.26 Å². The van der Waals surface area contributed by atoms with Gasteiger partial charge in [0.15, 0.2) is 0 Å². The highest BCUT2D eigenvalue weighted by Crippen LogP contribution is 2.32. The SMILES string of the molecule is Cc1cc2occ(CC(=O)N3CCOCC3)c2c(C)c1Cl. The number of nitrogens with zero attached hydrogens (tertiary/aromatic N) is 1. The van der Waals surface area contributed by atoms with Gasteiger partial charge in [-0.2, -0.15) is 0 Å². The molecule has 1 aliphatic heterocycles. The molecule has 1 fully saturated rings. The minimum absolute atomic E-state index is 0.108. The molecule has 0 N–H and O–H groups in total. The maximum atomic E-state index is 12.4. The molecule has 0 unspecified atom stereocenters. The molecule has 2 heterocycles. The second-order valence-electron chi connectivity index (χ2n) is 5.44. The zero-order valence-corrected chi connectivity index (χ0v) is 13.0. The van der Waals surface area contributed by atoms with Crippen molar-refractivity contribution in [3.63, 3.8) is 0 Å². The summed E-state index contributed by atoms with van der Waals surface area (Å²) in [5.74, 6) is 0.108. The minimum Gasteiger partial charge on any atom is -0.464 e. The van der Waals surface area contributed by atoms with Crippen molar-refractivity contribution in [2.24, 2.45) is 0 Å². The van der Waals surface area contributed by atoms with Crippen molar-refractivity contribution < 1.29 is 13.9 Å². The van der Waals surface area contributed by atoms with Gasteiger partial charge in [0.25, 0.3) is 0 Å². The van der Waals surface area contributed by atoms with Gasteiger partial charge in [0.05, 0.1) is 25.9 Å². The molecule has 0 aliphatic carbocycles. The van der Waals surface area contributed by atoms with Crippen LogP contribution in [0.4, 0.5) is 0 Å². The van der Waals surface area contributed by atoms with Crippen molar-refractivity contribution in [1.29, 1.82) is 0 Å². The fourth-order valence-corrected chi connectivity index (χ4v) is 2.97. The predicted octanol–water partition coefficient (Wildman–Crippen LogP) is 3.10. The Morgan fingerprint density at radius 2 is 2.05 bits per heavy atom. The summed E-state index contributed by atoms with van der Waals surface area (Å²) in [4.78, 5) is 14.2. The zero-order valence-electron chi connectivity index (χ0n) is 12.2. The van der Waals surface area contributed by atoms with Crippen molar-refractivity contribution in [1.82, 2.24) is 4.90 Å². The molecular weight excluding hydrogens is 290 g/mol. The smallest absolute Gasteiger partial charge is 0.227 e. The quantitative estimate of drug-likeness (QED) is 0.856. The van der Waals surface area contributed by atoms with E-state index in [2.05, 4.69) is 0 Å². The third-order valence-electron chi connectivity index (χ3n) is 4.00. The van der Waals surface area contributed by atoms with Crippen molar-refractivity contribution in [3.05, 3.63) is 34.0 Å². The maximum absolute atomic E-state index is 12.4. The first-order valence-corrected chi connectivity index (χ1v) is 7.47. The van der Waals surface area contributed by atoms with Crippen LogP contribution in [-0.4, -0.2) is 37.1 Å². The van der Waals surface area contributed by atoms with Gasteiger partial charge in [0.1, 0.15) is 5.58 Å². The van der Waals surface area contributed by atoms with Crippen LogP contribution >= 0.6 is 11.6 Å². The van der Waals surface area contributed by atoms with Gasteiger partial charge in [0.2, 0.25) is 5.91 Å². The van der Waals surface area contributed by atoms with Crippen LogP contribution in [0.2, 0.25) is 5.02 Å². The second kappa shape index (κ2) is 5.70. The average molecular weight is 308 g/mol. The Morgan fingerprint density at radius 3 is 2.76 bits per heavy atom. The lowest BCUT2D eigenvalue weighted by Crippen LogP contribution is -2.41. The van der Waals surface area contributed by atoms with Crippen LogP contribution in [0.1, 0.15) is 16.7 Å². The molecule has 112 valence electrons. The Kier molecular flexibility index (Phi) is 3.91. The highest BCUT2D eigenvalue weighted by atomic mass is 35.5. The van der Waals surface area contributed by atoms with Crippen LogP contribution in [-0.2, 0) is 16.0 Å². The van der Waals surface area contributed by atoms with E-state index in [1.165, 1.54) is 0 Å². The van der Waals surface area contributed by atoms with Crippen LogP contribution in [0.5, 0.6) is 0 Å². The number of carbonyl (C=O) groups excluding carboxylic acids is 1. The number of aryl methyl sites for hydroxylation is 2. The number of fused-ring (bicyclic) bond motifs is 1. The van der Waals surface area contributed by atoms with Gasteiger partial charge in [-0.1, -0.05) is 11.6 Å². The second-order valence-corrected chi connectivity index (χ2v) is 5.81. The Balaban J connectivity index is 1.90. The molecule has 0 spiro atoms. The minimum atomic E-state index is 0.108. The van der Waals surface area contributed by atoms with Gasteiger partial charge in [-0.15, -0.1) is 0 Å². The number of furan rings is 1. The van der Waals surface area contributed by atoms with Crippen molar-refractivity contribution in [2.45, 2.75) is 20.3 Å². The van der Waals surface area contributed by atoms with Crippen LogP contribution in [0.3, 0.4) is 0 Å². The molecular formula is C16H18ClNO3. The Hall–Kier alpha value is -1.52. The predicted molar refractivity (Wildman–Crippen MR) is 81.8 cm³/mol. The summed E-state index contributed by atoms with van der Waals surface area (Å²) < 4.78 is 10.9. The van der Waals surface area contributed by atoms with E-state index in [0.717, 1.165) is 32.7 Å². The Morgan fingerprint density at radius 1 is 1.33 bits per heavy atom. The molecule has 5 heteroatoms. The Labute approximate surface area is 128 Å². The van der Waals surface area contributed by atoms with Gasteiger partial charge in [-0.25, -0.2) is 0 Å². The molecule has 1 aromatic carbocycles. The first-order chi connectivity index (χ1) is 10.1. The summed E-state index contributed by atoms with van der Waals surface area (Å²) in [6, 6.07) is 1.92. The number of amides is 1. The number of benzene rings is 1.